The Labute approximate surface area is 139 Å². The minimum absolute atomic E-state index is 0.411. The molecule has 7 nitrogen and oxygen atoms in total. The number of ether oxygens (including phenoxy) is 1. The molecule has 0 saturated heterocycles. The molecular weight excluding hydrogens is 304 g/mol. The van der Waals surface area contributed by atoms with E-state index in [2.05, 4.69) is 37.0 Å². The van der Waals surface area contributed by atoms with E-state index >= 15 is 0 Å². The van der Waals surface area contributed by atoms with Crippen molar-refractivity contribution in [3.8, 4) is 5.75 Å². The molecule has 0 radical (unpaired) electrons. The zero-order chi connectivity index (χ0) is 16.5. The molecule has 1 aliphatic rings. The lowest BCUT2D eigenvalue weighted by Crippen LogP contribution is -2.11. The minimum atomic E-state index is 0.411. The first-order chi connectivity index (χ1) is 11.7. The maximum atomic E-state index is 6.09. The second-order valence-electron chi connectivity index (χ2n) is 5.98. The van der Waals surface area contributed by atoms with Crippen LogP contribution >= 0.6 is 0 Å². The predicted molar refractivity (Wildman–Crippen MR) is 93.2 cm³/mol. The molecule has 0 amide bonds. The number of fused-ring (bicyclic) bond motifs is 3. The van der Waals surface area contributed by atoms with Gasteiger partial charge >= 0.3 is 0 Å². The van der Waals surface area contributed by atoms with Crippen LogP contribution in [0.1, 0.15) is 24.2 Å². The van der Waals surface area contributed by atoms with Crippen LogP contribution in [0.5, 0.6) is 5.75 Å². The number of nitrogens with two attached hydrogens (primary N) is 1. The minimum Gasteiger partial charge on any atom is -0.494 e. The fourth-order valence-electron chi connectivity index (χ4n) is 2.93. The quantitative estimate of drug-likeness (QED) is 0.659. The summed E-state index contributed by atoms with van der Waals surface area (Å²) in [5, 5.41) is 3.24. The Balaban J connectivity index is 1.84. The van der Waals surface area contributed by atoms with Crippen LogP contribution in [0.25, 0.3) is 11.2 Å². The van der Waals surface area contributed by atoms with Gasteiger partial charge in [0.2, 0.25) is 5.95 Å². The van der Waals surface area contributed by atoms with Gasteiger partial charge in [-0.05, 0) is 37.5 Å². The fraction of sp³-hybridized carbons (Fsp3) is 0.353. The number of hydrogen-bond donors (Lipinski definition) is 2. The van der Waals surface area contributed by atoms with Crippen LogP contribution < -0.4 is 15.8 Å². The van der Waals surface area contributed by atoms with Gasteiger partial charge in [0.1, 0.15) is 11.6 Å². The van der Waals surface area contributed by atoms with Crippen molar-refractivity contribution in [2.75, 3.05) is 24.2 Å². The Bertz CT molecular complexity index is 888. The van der Waals surface area contributed by atoms with E-state index in [0.717, 1.165) is 42.2 Å². The Morgan fingerprint density at radius 1 is 1.21 bits per heavy atom. The molecule has 124 valence electrons. The van der Waals surface area contributed by atoms with Gasteiger partial charge in [0.25, 0.3) is 0 Å². The summed E-state index contributed by atoms with van der Waals surface area (Å²) in [5.74, 6) is 2.72. The third-order valence-electron chi connectivity index (χ3n) is 4.17. The highest BCUT2D eigenvalue weighted by atomic mass is 16.5. The fourth-order valence-corrected chi connectivity index (χ4v) is 2.93. The van der Waals surface area contributed by atoms with Crippen molar-refractivity contribution in [1.82, 2.24) is 19.5 Å². The van der Waals surface area contributed by atoms with Crippen LogP contribution in [0.15, 0.2) is 24.3 Å². The zero-order valence-electron chi connectivity index (χ0n) is 13.6. The third-order valence-corrected chi connectivity index (χ3v) is 4.17. The monoisotopic (exact) mass is 324 g/mol. The molecule has 0 aliphatic carbocycles. The topological polar surface area (TPSA) is 90.9 Å². The van der Waals surface area contributed by atoms with Gasteiger partial charge in [0.05, 0.1) is 13.2 Å². The summed E-state index contributed by atoms with van der Waals surface area (Å²) in [6, 6.07) is 8.15. The van der Waals surface area contributed by atoms with E-state index in [0.29, 0.717) is 30.4 Å². The molecule has 3 N–H and O–H groups in total. The molecule has 7 heteroatoms. The lowest BCUT2D eigenvalue weighted by molar-refractivity contribution is 0.308. The number of nitrogens with one attached hydrogen (secondary N) is 1. The van der Waals surface area contributed by atoms with Crippen LogP contribution in [-0.2, 0) is 6.54 Å². The van der Waals surface area contributed by atoms with Crippen molar-refractivity contribution >= 4 is 22.9 Å². The first kappa shape index (κ1) is 14.7. The Kier molecular flexibility index (Phi) is 3.68. The van der Waals surface area contributed by atoms with Crippen molar-refractivity contribution in [3.63, 3.8) is 0 Å². The second kappa shape index (κ2) is 5.99. The number of hydrogen-bond acceptors (Lipinski definition) is 6. The SMILES string of the molecule is Cc1nc2c(N)nc3nc2n1Cc1cccc(c1)OCCCCN3. The van der Waals surface area contributed by atoms with Gasteiger partial charge in [-0.1, -0.05) is 12.1 Å². The largest absolute Gasteiger partial charge is 0.494 e. The molecule has 2 aromatic heterocycles. The van der Waals surface area contributed by atoms with Crippen molar-refractivity contribution in [2.24, 2.45) is 0 Å². The third kappa shape index (κ3) is 2.73. The summed E-state index contributed by atoms with van der Waals surface area (Å²) >= 11 is 0. The lowest BCUT2D eigenvalue weighted by Gasteiger charge is -2.12. The van der Waals surface area contributed by atoms with E-state index in [1.165, 1.54) is 0 Å². The molecule has 1 aliphatic heterocycles. The van der Waals surface area contributed by atoms with Gasteiger partial charge in [0.15, 0.2) is 17.0 Å². The molecule has 0 saturated carbocycles. The molecule has 3 heterocycles. The van der Waals surface area contributed by atoms with E-state index in [1.807, 2.05) is 19.1 Å². The van der Waals surface area contributed by atoms with Crippen LogP contribution in [0.2, 0.25) is 0 Å². The average molecular weight is 324 g/mol. The number of imidazole rings is 1. The molecule has 0 atom stereocenters. The van der Waals surface area contributed by atoms with Gasteiger partial charge in [0, 0.05) is 6.54 Å². The molecule has 0 spiro atoms. The molecule has 1 aromatic carbocycles. The first-order valence-electron chi connectivity index (χ1n) is 8.17. The molecule has 3 aromatic rings. The maximum Gasteiger partial charge on any atom is 0.226 e. The molecule has 4 bridgehead atoms. The van der Waals surface area contributed by atoms with Gasteiger partial charge in [-0.2, -0.15) is 9.97 Å². The van der Waals surface area contributed by atoms with Crippen LogP contribution in [0, 0.1) is 6.92 Å². The predicted octanol–water partition coefficient (Wildman–Crippen LogP) is 2.35. The number of nitrogen functional groups attached to an aromatic ring is 1. The van der Waals surface area contributed by atoms with Crippen LogP contribution in [0.3, 0.4) is 0 Å². The number of rotatable bonds is 0. The van der Waals surface area contributed by atoms with E-state index < -0.39 is 0 Å². The molecule has 0 unspecified atom stereocenters. The highest BCUT2D eigenvalue weighted by Crippen LogP contribution is 2.23. The van der Waals surface area contributed by atoms with E-state index in [9.17, 15) is 0 Å². The zero-order valence-corrected chi connectivity index (χ0v) is 13.6. The van der Waals surface area contributed by atoms with Crippen molar-refractivity contribution in [1.29, 1.82) is 0 Å². The highest BCUT2D eigenvalue weighted by molar-refractivity contribution is 5.83. The van der Waals surface area contributed by atoms with Crippen molar-refractivity contribution in [2.45, 2.75) is 26.3 Å². The second-order valence-corrected chi connectivity index (χ2v) is 5.98. The standard InChI is InChI=1S/C17H20N6O/c1-11-20-14-15(18)21-17-19-7-2-3-8-24-13-6-4-5-12(9-13)10-23(11)16(14)22-17/h4-6,9H,2-3,7-8,10H2,1H3,(H3,18,19,21,22). The van der Waals surface area contributed by atoms with Crippen molar-refractivity contribution < 1.29 is 4.74 Å². The normalized spacial score (nSPS) is 14.9. The summed E-state index contributed by atoms with van der Waals surface area (Å²) in [7, 11) is 0. The van der Waals surface area contributed by atoms with E-state index in [4.69, 9.17) is 10.5 Å². The summed E-state index contributed by atoms with van der Waals surface area (Å²) in [6.07, 6.45) is 1.94. The maximum absolute atomic E-state index is 6.09. The Morgan fingerprint density at radius 2 is 2.12 bits per heavy atom. The molecule has 0 fully saturated rings. The number of benzene rings is 1. The summed E-state index contributed by atoms with van der Waals surface area (Å²) in [5.41, 5.74) is 8.63. The number of aromatic nitrogens is 4. The van der Waals surface area contributed by atoms with Gasteiger partial charge in [-0.3, -0.25) is 0 Å². The number of nitrogens with zero attached hydrogens (tertiary/aromatic N) is 4. The van der Waals surface area contributed by atoms with Crippen LogP contribution in [0.4, 0.5) is 11.8 Å². The highest BCUT2D eigenvalue weighted by Gasteiger charge is 2.15. The van der Waals surface area contributed by atoms with Gasteiger partial charge in [-0.15, -0.1) is 0 Å². The first-order valence-corrected chi connectivity index (χ1v) is 8.17. The number of anilines is 2. The molecule has 24 heavy (non-hydrogen) atoms. The summed E-state index contributed by atoms with van der Waals surface area (Å²) < 4.78 is 7.90. The molecular formula is C17H20N6O. The van der Waals surface area contributed by atoms with Gasteiger partial charge in [-0.25, -0.2) is 4.98 Å². The Morgan fingerprint density at radius 3 is 3.04 bits per heavy atom. The van der Waals surface area contributed by atoms with Crippen LogP contribution in [-0.4, -0.2) is 32.7 Å². The summed E-state index contributed by atoms with van der Waals surface area (Å²) in [4.78, 5) is 13.5. The van der Waals surface area contributed by atoms with Gasteiger partial charge < -0.3 is 20.4 Å². The van der Waals surface area contributed by atoms with E-state index in [1.54, 1.807) is 0 Å². The number of aryl methyl sites for hydroxylation is 1. The lowest BCUT2D eigenvalue weighted by atomic mass is 10.2. The average Bonchev–Trinajstić information content (AvgIpc) is 2.88. The van der Waals surface area contributed by atoms with Crippen molar-refractivity contribution in [3.05, 3.63) is 35.7 Å². The molecule has 4 rings (SSSR count). The van der Waals surface area contributed by atoms with E-state index in [-0.39, 0.29) is 0 Å². The summed E-state index contributed by atoms with van der Waals surface area (Å²) in [6.45, 7) is 4.09. The Hall–Kier alpha value is -2.83. The smallest absolute Gasteiger partial charge is 0.226 e.